The van der Waals surface area contributed by atoms with Crippen molar-refractivity contribution in [1.29, 1.82) is 5.26 Å². The van der Waals surface area contributed by atoms with Crippen LogP contribution in [0.1, 0.15) is 27.4 Å². The van der Waals surface area contributed by atoms with Crippen molar-refractivity contribution in [2.45, 2.75) is 5.92 Å². The number of nitrogens with zero attached hydrogens (tertiary/aromatic N) is 3. The number of carbonyl (C=O) groups excluding carboxylic acids is 1. The predicted molar refractivity (Wildman–Crippen MR) is 117 cm³/mol. The first kappa shape index (κ1) is 22.0. The summed E-state index contributed by atoms with van der Waals surface area (Å²) in [7, 11) is 0. The molecule has 0 bridgehead atoms. The smallest absolute Gasteiger partial charge is 0.343 e. The van der Waals surface area contributed by atoms with Gasteiger partial charge in [0.05, 0.1) is 21.3 Å². The van der Waals surface area contributed by atoms with Crippen LogP contribution in [0.2, 0.25) is 0 Å². The number of hydrogen-bond acceptors (Lipinski definition) is 9. The van der Waals surface area contributed by atoms with Gasteiger partial charge in [-0.15, -0.1) is 0 Å². The number of fused-ring (bicyclic) bond motifs is 1. The summed E-state index contributed by atoms with van der Waals surface area (Å²) in [6.07, 6.45) is 0. The van der Waals surface area contributed by atoms with Gasteiger partial charge in [0.1, 0.15) is 23.1 Å². The quantitative estimate of drug-likeness (QED) is 0.257. The number of ether oxygens (including phenoxy) is 2. The molecule has 0 amide bonds. The van der Waals surface area contributed by atoms with Gasteiger partial charge >= 0.3 is 5.97 Å². The van der Waals surface area contributed by atoms with Crippen molar-refractivity contribution in [2.24, 2.45) is 5.73 Å². The van der Waals surface area contributed by atoms with E-state index in [1.54, 1.807) is 12.1 Å². The summed E-state index contributed by atoms with van der Waals surface area (Å²) in [4.78, 5) is 33.3. The number of carbonyl (C=O) groups is 1. The van der Waals surface area contributed by atoms with Crippen LogP contribution in [0, 0.1) is 31.6 Å². The fourth-order valence-electron chi connectivity index (χ4n) is 3.55. The number of hydrogen-bond donors (Lipinski definition) is 1. The second-order valence-corrected chi connectivity index (χ2v) is 7.17. The topological polar surface area (TPSA) is 172 Å². The molecular formula is C23H14N4O7. The average molecular weight is 458 g/mol. The Morgan fingerprint density at radius 1 is 1.00 bits per heavy atom. The minimum absolute atomic E-state index is 0.0867. The van der Waals surface area contributed by atoms with Crippen molar-refractivity contribution < 1.29 is 24.1 Å². The highest BCUT2D eigenvalue weighted by Crippen LogP contribution is 2.44. The van der Waals surface area contributed by atoms with Crippen LogP contribution >= 0.6 is 0 Å². The van der Waals surface area contributed by atoms with E-state index in [0.717, 1.165) is 0 Å². The second kappa shape index (κ2) is 8.71. The first-order chi connectivity index (χ1) is 16.3. The lowest BCUT2D eigenvalue weighted by Crippen LogP contribution is -2.21. The lowest BCUT2D eigenvalue weighted by Gasteiger charge is -2.26. The van der Waals surface area contributed by atoms with Crippen LogP contribution in [0.3, 0.4) is 0 Å². The molecule has 11 heteroatoms. The molecule has 0 saturated carbocycles. The number of nitro benzene ring substituents is 2. The van der Waals surface area contributed by atoms with Crippen molar-refractivity contribution in [3.63, 3.8) is 0 Å². The van der Waals surface area contributed by atoms with Crippen molar-refractivity contribution >= 4 is 17.3 Å². The lowest BCUT2D eigenvalue weighted by atomic mass is 9.83. The molecule has 0 aliphatic carbocycles. The Labute approximate surface area is 191 Å². The van der Waals surface area contributed by atoms with Crippen LogP contribution in [-0.4, -0.2) is 15.8 Å². The summed E-state index contributed by atoms with van der Waals surface area (Å²) in [6.45, 7) is 0. The summed E-state index contributed by atoms with van der Waals surface area (Å²) >= 11 is 0. The zero-order valence-corrected chi connectivity index (χ0v) is 17.2. The number of benzene rings is 3. The molecule has 0 radical (unpaired) electrons. The summed E-state index contributed by atoms with van der Waals surface area (Å²) in [5, 5.41) is 31.6. The third kappa shape index (κ3) is 4.11. The van der Waals surface area contributed by atoms with E-state index in [2.05, 4.69) is 0 Å². The standard InChI is InChI=1S/C23H14N4O7/c24-12-19-21(14-2-1-3-16(10-14)27(31)32)18-9-8-17(11-20(18)34-22(19)25)33-23(28)13-4-6-15(7-5-13)26(29)30/h1-11,21H,25H2. The van der Waals surface area contributed by atoms with Crippen LogP contribution in [0.5, 0.6) is 11.5 Å². The number of allylic oxidation sites excluding steroid dienone is 1. The Bertz CT molecular complexity index is 1410. The molecule has 4 rings (SSSR count). The highest BCUT2D eigenvalue weighted by molar-refractivity contribution is 5.91. The molecule has 1 atom stereocenters. The highest BCUT2D eigenvalue weighted by Gasteiger charge is 2.32. The third-order valence-electron chi connectivity index (χ3n) is 5.13. The van der Waals surface area contributed by atoms with E-state index in [1.165, 1.54) is 54.6 Å². The Morgan fingerprint density at radius 3 is 2.35 bits per heavy atom. The maximum absolute atomic E-state index is 12.4. The van der Waals surface area contributed by atoms with E-state index >= 15 is 0 Å². The third-order valence-corrected chi connectivity index (χ3v) is 5.13. The van der Waals surface area contributed by atoms with Gasteiger partial charge in [-0.1, -0.05) is 18.2 Å². The van der Waals surface area contributed by atoms with Crippen LogP contribution in [-0.2, 0) is 0 Å². The summed E-state index contributed by atoms with van der Waals surface area (Å²) in [5.41, 5.74) is 6.80. The number of nitrogens with two attached hydrogens (primary N) is 1. The summed E-state index contributed by atoms with van der Waals surface area (Å²) in [6, 6.07) is 17.2. The van der Waals surface area contributed by atoms with E-state index in [0.29, 0.717) is 11.1 Å². The Morgan fingerprint density at radius 2 is 1.71 bits per heavy atom. The largest absolute Gasteiger partial charge is 0.440 e. The van der Waals surface area contributed by atoms with Crippen molar-refractivity contribution in [1.82, 2.24) is 0 Å². The highest BCUT2D eigenvalue weighted by atomic mass is 16.6. The van der Waals surface area contributed by atoms with Gasteiger partial charge in [-0.3, -0.25) is 20.2 Å². The molecule has 0 aromatic heterocycles. The first-order valence-electron chi connectivity index (χ1n) is 9.71. The molecule has 0 fully saturated rings. The number of nitro groups is 2. The van der Waals surface area contributed by atoms with Crippen LogP contribution in [0.4, 0.5) is 11.4 Å². The molecule has 1 aliphatic heterocycles. The van der Waals surface area contributed by atoms with Gasteiger partial charge in [-0.2, -0.15) is 5.26 Å². The Hall–Kier alpha value is -5.24. The molecule has 0 spiro atoms. The molecule has 3 aromatic carbocycles. The van der Waals surface area contributed by atoms with Gasteiger partial charge in [-0.25, -0.2) is 4.79 Å². The number of rotatable bonds is 5. The molecule has 1 heterocycles. The predicted octanol–water partition coefficient (Wildman–Crippen LogP) is 3.94. The van der Waals surface area contributed by atoms with Gasteiger partial charge in [0.25, 0.3) is 11.4 Å². The molecule has 0 saturated heterocycles. The summed E-state index contributed by atoms with van der Waals surface area (Å²) < 4.78 is 10.9. The fraction of sp³-hybridized carbons (Fsp3) is 0.0435. The van der Waals surface area contributed by atoms with Gasteiger partial charge < -0.3 is 15.2 Å². The minimum atomic E-state index is -0.748. The number of nitriles is 1. The molecule has 2 N–H and O–H groups in total. The van der Waals surface area contributed by atoms with Crippen LogP contribution in [0.15, 0.2) is 78.2 Å². The van der Waals surface area contributed by atoms with E-state index in [9.17, 15) is 30.3 Å². The Kier molecular flexibility index (Phi) is 5.63. The molecule has 1 unspecified atom stereocenters. The monoisotopic (exact) mass is 458 g/mol. The normalized spacial score (nSPS) is 14.4. The first-order valence-corrected chi connectivity index (χ1v) is 9.71. The molecule has 34 heavy (non-hydrogen) atoms. The molecule has 3 aromatic rings. The van der Waals surface area contributed by atoms with Gasteiger partial charge in [-0.05, 0) is 23.8 Å². The van der Waals surface area contributed by atoms with E-state index in [-0.39, 0.29) is 39.9 Å². The van der Waals surface area contributed by atoms with Gasteiger partial charge in [0.15, 0.2) is 0 Å². The maximum atomic E-state index is 12.4. The van der Waals surface area contributed by atoms with Crippen LogP contribution in [0.25, 0.3) is 0 Å². The van der Waals surface area contributed by atoms with E-state index in [1.807, 2.05) is 6.07 Å². The SMILES string of the molecule is N#CC1=C(N)Oc2cc(OC(=O)c3ccc([N+](=O)[O-])cc3)ccc2C1c1cccc([N+](=O)[O-])c1. The zero-order chi connectivity index (χ0) is 24.4. The number of esters is 1. The van der Waals surface area contributed by atoms with Gasteiger partial charge in [0, 0.05) is 35.9 Å². The summed E-state index contributed by atoms with van der Waals surface area (Å²) in [5.74, 6) is -1.34. The maximum Gasteiger partial charge on any atom is 0.343 e. The molecular weight excluding hydrogens is 444 g/mol. The van der Waals surface area contributed by atoms with Gasteiger partial charge in [0.2, 0.25) is 5.88 Å². The second-order valence-electron chi connectivity index (χ2n) is 7.17. The minimum Gasteiger partial charge on any atom is -0.440 e. The van der Waals surface area contributed by atoms with Crippen LogP contribution < -0.4 is 15.2 Å². The Balaban J connectivity index is 1.67. The molecule has 1 aliphatic rings. The van der Waals surface area contributed by atoms with Crippen molar-refractivity contribution in [3.8, 4) is 17.6 Å². The molecule has 11 nitrogen and oxygen atoms in total. The lowest BCUT2D eigenvalue weighted by molar-refractivity contribution is -0.385. The fourth-order valence-corrected chi connectivity index (χ4v) is 3.55. The average Bonchev–Trinajstić information content (AvgIpc) is 2.83. The zero-order valence-electron chi connectivity index (χ0n) is 17.2. The van der Waals surface area contributed by atoms with E-state index < -0.39 is 21.7 Å². The number of non-ortho nitro benzene ring substituents is 2. The van der Waals surface area contributed by atoms with Crippen molar-refractivity contribution in [2.75, 3.05) is 0 Å². The van der Waals surface area contributed by atoms with Crippen molar-refractivity contribution in [3.05, 3.63) is 115 Å². The van der Waals surface area contributed by atoms with E-state index in [4.69, 9.17) is 15.2 Å². The molecule has 168 valence electrons.